The van der Waals surface area contributed by atoms with E-state index in [1.165, 1.54) is 0 Å². The summed E-state index contributed by atoms with van der Waals surface area (Å²) in [5, 5.41) is 0. The Bertz CT molecular complexity index is 211. The average Bonchev–Trinajstić information content (AvgIpc) is 2.46. The van der Waals surface area contributed by atoms with Gasteiger partial charge in [-0.15, -0.1) is 0 Å². The number of nitrogens with zero attached hydrogens (tertiary/aromatic N) is 1. The second-order valence-electron chi connectivity index (χ2n) is 5.11. The highest BCUT2D eigenvalue weighted by atomic mass is 16.6. The molecule has 82 valence electrons. The second kappa shape index (κ2) is 4.17. The van der Waals surface area contributed by atoms with Crippen LogP contribution in [0.5, 0.6) is 0 Å². The van der Waals surface area contributed by atoms with Crippen molar-refractivity contribution >= 4 is 6.09 Å². The fraction of sp³-hybridized carbons (Fsp3) is 0.900. The highest BCUT2D eigenvalue weighted by Crippen LogP contribution is 2.15. The number of ether oxygens (including phenoxy) is 1. The van der Waals surface area contributed by atoms with Gasteiger partial charge in [-0.05, 0) is 11.8 Å². The molecule has 0 saturated carbocycles. The van der Waals surface area contributed by atoms with Gasteiger partial charge < -0.3 is 15.4 Å². The van der Waals surface area contributed by atoms with Crippen molar-refractivity contribution in [1.29, 1.82) is 0 Å². The van der Waals surface area contributed by atoms with E-state index in [0.717, 1.165) is 13.0 Å². The van der Waals surface area contributed by atoms with Crippen molar-refractivity contribution in [2.45, 2.75) is 33.2 Å². The maximum absolute atomic E-state index is 11.5. The van der Waals surface area contributed by atoms with Crippen LogP contribution in [0.2, 0.25) is 0 Å². The molecule has 0 spiro atoms. The van der Waals surface area contributed by atoms with Gasteiger partial charge in [0.15, 0.2) is 0 Å². The molecule has 1 fully saturated rings. The molecule has 2 N–H and O–H groups in total. The largest absolute Gasteiger partial charge is 0.449 e. The van der Waals surface area contributed by atoms with Crippen LogP contribution < -0.4 is 5.73 Å². The number of hydrogen-bond donors (Lipinski definition) is 1. The van der Waals surface area contributed by atoms with Crippen molar-refractivity contribution in [3.8, 4) is 0 Å². The molecule has 0 bridgehead atoms. The van der Waals surface area contributed by atoms with Crippen LogP contribution in [0.3, 0.4) is 0 Å². The lowest BCUT2D eigenvalue weighted by Gasteiger charge is -2.21. The first-order valence-electron chi connectivity index (χ1n) is 5.06. The Morgan fingerprint density at radius 3 is 2.64 bits per heavy atom. The third kappa shape index (κ3) is 3.54. The van der Waals surface area contributed by atoms with Gasteiger partial charge in [-0.3, -0.25) is 0 Å². The van der Waals surface area contributed by atoms with E-state index < -0.39 is 0 Å². The van der Waals surface area contributed by atoms with Gasteiger partial charge in [0.25, 0.3) is 0 Å². The van der Waals surface area contributed by atoms with E-state index >= 15 is 0 Å². The summed E-state index contributed by atoms with van der Waals surface area (Å²) in [4.78, 5) is 13.2. The Labute approximate surface area is 85.4 Å². The number of carbonyl (C=O) groups is 1. The highest BCUT2D eigenvalue weighted by molar-refractivity contribution is 5.68. The predicted octanol–water partition coefficient (Wildman–Crippen LogP) is 1.20. The smallest absolute Gasteiger partial charge is 0.409 e. The van der Waals surface area contributed by atoms with Crippen molar-refractivity contribution in [2.24, 2.45) is 11.1 Å². The molecule has 1 atom stereocenters. The molecule has 0 aromatic rings. The maximum Gasteiger partial charge on any atom is 0.409 e. The zero-order valence-corrected chi connectivity index (χ0v) is 9.25. The van der Waals surface area contributed by atoms with Gasteiger partial charge in [-0.1, -0.05) is 20.8 Å². The van der Waals surface area contributed by atoms with E-state index in [-0.39, 0.29) is 17.6 Å². The third-order valence-corrected chi connectivity index (χ3v) is 2.11. The molecule has 1 aliphatic heterocycles. The van der Waals surface area contributed by atoms with Crippen LogP contribution in [0.15, 0.2) is 0 Å². The van der Waals surface area contributed by atoms with Gasteiger partial charge in [-0.25, -0.2) is 4.79 Å². The van der Waals surface area contributed by atoms with Crippen molar-refractivity contribution in [3.63, 3.8) is 0 Å². The summed E-state index contributed by atoms with van der Waals surface area (Å²) in [7, 11) is 0. The van der Waals surface area contributed by atoms with Crippen LogP contribution in [0.1, 0.15) is 27.2 Å². The van der Waals surface area contributed by atoms with E-state index in [1.807, 2.05) is 20.8 Å². The summed E-state index contributed by atoms with van der Waals surface area (Å²) in [5.74, 6) is 0. The van der Waals surface area contributed by atoms with Crippen LogP contribution >= 0.6 is 0 Å². The standard InChI is InChI=1S/C10H20N2O2/c1-10(2,3)7-14-9(13)12-5-4-8(11)6-12/h8H,4-7,11H2,1-3H3. The van der Waals surface area contributed by atoms with E-state index in [4.69, 9.17) is 10.5 Å². The molecule has 4 heteroatoms. The first kappa shape index (κ1) is 11.3. The molecule has 14 heavy (non-hydrogen) atoms. The topological polar surface area (TPSA) is 55.6 Å². The quantitative estimate of drug-likeness (QED) is 0.692. The highest BCUT2D eigenvalue weighted by Gasteiger charge is 2.25. The fourth-order valence-electron chi connectivity index (χ4n) is 1.32. The minimum absolute atomic E-state index is 0.0253. The fourth-order valence-corrected chi connectivity index (χ4v) is 1.32. The molecule has 1 unspecified atom stereocenters. The molecule has 1 amide bonds. The maximum atomic E-state index is 11.5. The van der Waals surface area contributed by atoms with E-state index in [1.54, 1.807) is 4.90 Å². The van der Waals surface area contributed by atoms with Gasteiger partial charge in [-0.2, -0.15) is 0 Å². The molecule has 0 aliphatic carbocycles. The Kier molecular flexibility index (Phi) is 3.37. The van der Waals surface area contributed by atoms with Gasteiger partial charge >= 0.3 is 6.09 Å². The normalized spacial score (nSPS) is 22.6. The number of likely N-dealkylation sites (tertiary alicyclic amines) is 1. The molecule has 0 aromatic carbocycles. The Balaban J connectivity index is 2.29. The van der Waals surface area contributed by atoms with Crippen LogP contribution in [0.25, 0.3) is 0 Å². The van der Waals surface area contributed by atoms with E-state index in [9.17, 15) is 4.79 Å². The lowest BCUT2D eigenvalue weighted by Crippen LogP contribution is -2.34. The molecule has 1 rings (SSSR count). The molecular formula is C10H20N2O2. The van der Waals surface area contributed by atoms with E-state index in [0.29, 0.717) is 13.2 Å². The Morgan fingerprint density at radius 1 is 1.57 bits per heavy atom. The number of carbonyl (C=O) groups excluding carboxylic acids is 1. The van der Waals surface area contributed by atoms with Crippen LogP contribution in [0, 0.1) is 5.41 Å². The summed E-state index contributed by atoms with van der Waals surface area (Å²) in [6, 6.07) is 0.122. The molecule has 0 aromatic heterocycles. The minimum Gasteiger partial charge on any atom is -0.449 e. The molecule has 1 saturated heterocycles. The first-order valence-corrected chi connectivity index (χ1v) is 5.06. The summed E-state index contributed by atoms with van der Waals surface area (Å²) in [6.07, 6.45) is 0.651. The predicted molar refractivity (Wildman–Crippen MR) is 55.0 cm³/mol. The Hall–Kier alpha value is -0.770. The van der Waals surface area contributed by atoms with Gasteiger partial charge in [0.2, 0.25) is 0 Å². The zero-order chi connectivity index (χ0) is 10.8. The van der Waals surface area contributed by atoms with Crippen molar-refractivity contribution in [3.05, 3.63) is 0 Å². The third-order valence-electron chi connectivity index (χ3n) is 2.11. The van der Waals surface area contributed by atoms with E-state index in [2.05, 4.69) is 0 Å². The number of rotatable bonds is 1. The monoisotopic (exact) mass is 200 g/mol. The molecule has 1 aliphatic rings. The summed E-state index contributed by atoms with van der Waals surface area (Å²) in [5.41, 5.74) is 5.72. The lowest BCUT2D eigenvalue weighted by atomic mass is 9.99. The number of nitrogens with two attached hydrogens (primary N) is 1. The van der Waals surface area contributed by atoms with Gasteiger partial charge in [0.05, 0.1) is 6.61 Å². The van der Waals surface area contributed by atoms with Crippen molar-refractivity contribution in [2.75, 3.05) is 19.7 Å². The van der Waals surface area contributed by atoms with Crippen LogP contribution in [0.4, 0.5) is 4.79 Å². The summed E-state index contributed by atoms with van der Waals surface area (Å²) < 4.78 is 5.17. The van der Waals surface area contributed by atoms with Gasteiger partial charge in [0, 0.05) is 19.1 Å². The molecular weight excluding hydrogens is 180 g/mol. The van der Waals surface area contributed by atoms with Crippen LogP contribution in [-0.2, 0) is 4.74 Å². The summed E-state index contributed by atoms with van der Waals surface area (Å²) in [6.45, 7) is 7.92. The second-order valence-corrected chi connectivity index (χ2v) is 5.11. The zero-order valence-electron chi connectivity index (χ0n) is 9.25. The minimum atomic E-state index is -0.229. The molecule has 0 radical (unpaired) electrons. The molecule has 1 heterocycles. The van der Waals surface area contributed by atoms with Crippen LogP contribution in [-0.4, -0.2) is 36.7 Å². The molecule has 4 nitrogen and oxygen atoms in total. The lowest BCUT2D eigenvalue weighted by molar-refractivity contribution is 0.0780. The SMILES string of the molecule is CC(C)(C)COC(=O)N1CCC(N)C1. The van der Waals surface area contributed by atoms with Crippen molar-refractivity contribution in [1.82, 2.24) is 4.90 Å². The number of hydrogen-bond acceptors (Lipinski definition) is 3. The van der Waals surface area contributed by atoms with Gasteiger partial charge in [0.1, 0.15) is 0 Å². The van der Waals surface area contributed by atoms with Crippen molar-refractivity contribution < 1.29 is 9.53 Å². The summed E-state index contributed by atoms with van der Waals surface area (Å²) >= 11 is 0. The Morgan fingerprint density at radius 2 is 2.21 bits per heavy atom. The first-order chi connectivity index (χ1) is 6.38. The average molecular weight is 200 g/mol. The number of amides is 1.